The number of ether oxygens (including phenoxy) is 3. The van der Waals surface area contributed by atoms with E-state index in [-0.39, 0.29) is 54.5 Å². The van der Waals surface area contributed by atoms with Gasteiger partial charge in [-0.3, -0.25) is 9.36 Å². The van der Waals surface area contributed by atoms with E-state index in [0.29, 0.717) is 36.9 Å². The molecule has 0 saturated heterocycles. The summed E-state index contributed by atoms with van der Waals surface area (Å²) in [5.41, 5.74) is 5.13. The van der Waals surface area contributed by atoms with Crippen LogP contribution < -0.4 is 10.6 Å². The molecule has 0 bridgehead atoms. The van der Waals surface area contributed by atoms with E-state index in [4.69, 9.17) is 48.3 Å². The Kier molecular flexibility index (Phi) is 15.0. The molecule has 406 valence electrons. The number of aliphatic hydroxyl groups excluding tert-OH is 1. The molecule has 3 atom stereocenters. The molecule has 1 unspecified atom stereocenters. The van der Waals surface area contributed by atoms with E-state index in [1.54, 1.807) is 45.1 Å². The van der Waals surface area contributed by atoms with Crippen LogP contribution in [0.2, 0.25) is 0 Å². The van der Waals surface area contributed by atoms with Crippen molar-refractivity contribution in [2.24, 2.45) is 0 Å². The molecule has 76 heavy (non-hydrogen) atoms. The molecule has 24 heteroatoms. The van der Waals surface area contributed by atoms with E-state index < -0.39 is 23.4 Å². The van der Waals surface area contributed by atoms with Gasteiger partial charge in [0.25, 0.3) is 5.89 Å². The third kappa shape index (κ3) is 10.5. The average Bonchev–Trinajstić information content (AvgIpc) is 4.28. The second-order valence-electron chi connectivity index (χ2n) is 21.5. The Balaban J connectivity index is 0.909. The summed E-state index contributed by atoms with van der Waals surface area (Å²) < 4.78 is 63.7. The molecule has 0 radical (unpaired) electrons. The molecule has 10 rings (SSSR count). The first-order valence-electron chi connectivity index (χ1n) is 26.2. The molecule has 22 nitrogen and oxygen atoms in total. The molecule has 2 aliphatic carbocycles. The van der Waals surface area contributed by atoms with E-state index in [0.717, 1.165) is 96.0 Å². The Morgan fingerprint density at radius 1 is 0.671 bits per heavy atom. The second-order valence-corrected chi connectivity index (χ2v) is 21.5. The standard InChI is InChI=1S/C52H68F2N16O6/c1-29(2)45-61-64-48(75-45)52(7,68-25-35(21-58-68)39-19-40(32-10-14-36(71)15-11-32)69-43(39)23-56-49(65-69)59-30(3)26-72-8)28-74-37-16-12-33(13-17-37)41-18-38(42-22-55-50(66-70(41)42)60-31(4)27-73-9)34-20-57-67(24-34)51(5,6)47-63-62-46(76-47)44(53)54/h18-25,29-33,36-37,44,71H,10-17,26-28H2,1-9H3,(H,59,65)(H,60,66)/t30-,31-,32?,33?,36?,37?,52?/m0/s1. The van der Waals surface area contributed by atoms with Crippen molar-refractivity contribution in [1.82, 2.24) is 69.2 Å². The average molecular weight is 1050 g/mol. The van der Waals surface area contributed by atoms with Crippen molar-refractivity contribution in [3.05, 3.63) is 84.3 Å². The minimum atomic E-state index is -2.89. The second kappa shape index (κ2) is 21.7. The maximum absolute atomic E-state index is 13.4. The number of rotatable bonds is 21. The number of nitrogens with zero attached hydrogens (tertiary/aromatic N) is 14. The van der Waals surface area contributed by atoms with Crippen LogP contribution in [0.25, 0.3) is 33.3 Å². The molecular formula is C52H68F2N16O6. The number of nitrogens with one attached hydrogen (secondary N) is 2. The van der Waals surface area contributed by atoms with Crippen molar-refractivity contribution >= 4 is 22.9 Å². The molecule has 0 spiro atoms. The van der Waals surface area contributed by atoms with Crippen LogP contribution in [0.3, 0.4) is 0 Å². The number of alkyl halides is 2. The quantitative estimate of drug-likeness (QED) is 0.0610. The number of fused-ring (bicyclic) bond motifs is 2. The van der Waals surface area contributed by atoms with Crippen LogP contribution in [0, 0.1) is 0 Å². The summed E-state index contributed by atoms with van der Waals surface area (Å²) in [4.78, 5) is 9.42. The largest absolute Gasteiger partial charge is 0.422 e. The van der Waals surface area contributed by atoms with Crippen LogP contribution in [0.1, 0.15) is 159 Å². The van der Waals surface area contributed by atoms with E-state index >= 15 is 0 Å². The zero-order valence-corrected chi connectivity index (χ0v) is 44.5. The van der Waals surface area contributed by atoms with Crippen molar-refractivity contribution in [3.63, 3.8) is 0 Å². The maximum Gasteiger partial charge on any atom is 0.314 e. The summed E-state index contributed by atoms with van der Waals surface area (Å²) >= 11 is 0. The van der Waals surface area contributed by atoms with Gasteiger partial charge >= 0.3 is 6.43 Å². The molecule has 8 aromatic heterocycles. The Hall–Kier alpha value is -6.76. The van der Waals surface area contributed by atoms with E-state index in [9.17, 15) is 13.9 Å². The molecule has 8 aromatic rings. The minimum absolute atomic E-state index is 0.00000131. The number of anilines is 2. The molecule has 0 aliphatic heterocycles. The van der Waals surface area contributed by atoms with Gasteiger partial charge in [-0.15, -0.1) is 30.6 Å². The predicted molar refractivity (Wildman–Crippen MR) is 275 cm³/mol. The molecule has 2 fully saturated rings. The van der Waals surface area contributed by atoms with Gasteiger partial charge in [-0.25, -0.2) is 19.0 Å². The van der Waals surface area contributed by atoms with Gasteiger partial charge in [-0.2, -0.15) is 19.0 Å². The lowest BCUT2D eigenvalue weighted by atomic mass is 9.85. The first kappa shape index (κ1) is 52.7. The van der Waals surface area contributed by atoms with Gasteiger partial charge in [0.1, 0.15) is 5.54 Å². The normalized spacial score (nSPS) is 20.2. The number of hydrogen-bond donors (Lipinski definition) is 3. The van der Waals surface area contributed by atoms with Gasteiger partial charge in [-0.05, 0) is 98.1 Å². The van der Waals surface area contributed by atoms with Crippen molar-refractivity contribution in [2.75, 3.05) is 44.7 Å². The first-order chi connectivity index (χ1) is 36.5. The lowest BCUT2D eigenvalue weighted by molar-refractivity contribution is -0.0174. The van der Waals surface area contributed by atoms with E-state index in [1.807, 2.05) is 73.1 Å². The van der Waals surface area contributed by atoms with Gasteiger partial charge in [0.2, 0.25) is 29.6 Å². The highest BCUT2D eigenvalue weighted by Crippen LogP contribution is 2.42. The number of hydrogen-bond acceptors (Lipinski definition) is 18. The maximum atomic E-state index is 13.4. The third-order valence-electron chi connectivity index (χ3n) is 14.9. The highest BCUT2D eigenvalue weighted by atomic mass is 19.3. The minimum Gasteiger partial charge on any atom is -0.422 e. The van der Waals surface area contributed by atoms with Crippen molar-refractivity contribution in [2.45, 2.75) is 159 Å². The van der Waals surface area contributed by atoms with Crippen molar-refractivity contribution in [3.8, 4) is 22.3 Å². The zero-order chi connectivity index (χ0) is 53.5. The summed E-state index contributed by atoms with van der Waals surface area (Å²) in [6.45, 7) is 14.8. The molecular weight excluding hydrogens is 983 g/mol. The van der Waals surface area contributed by atoms with E-state index in [2.05, 4.69) is 48.3 Å². The SMILES string of the molecule is COC[C@H](C)Nc1ncc2c(-c3cnn(C(C)(COC4CCC(c5cc(-c6cnn(C(C)(C)c7nnc(C(F)F)o7)c6)c6cnc(N[C@@H](C)COC)nn56)CC4)c4nnc(C(C)C)o4)c3)cc(C3CCC(O)CC3)n2n1. The highest BCUT2D eigenvalue weighted by molar-refractivity contribution is 5.82. The number of methoxy groups -OCH3 is 2. The Bertz CT molecular complexity index is 3230. The van der Waals surface area contributed by atoms with Gasteiger partial charge < -0.3 is 38.8 Å². The fourth-order valence-corrected chi connectivity index (χ4v) is 10.5. The lowest BCUT2D eigenvalue weighted by Gasteiger charge is -2.32. The Morgan fingerprint density at radius 3 is 1.68 bits per heavy atom. The number of aliphatic hydroxyl groups is 1. The Labute approximate surface area is 438 Å². The first-order valence-corrected chi connectivity index (χ1v) is 26.2. The highest BCUT2D eigenvalue weighted by Gasteiger charge is 2.40. The van der Waals surface area contributed by atoms with Crippen molar-refractivity contribution < 1.29 is 36.9 Å². The fraction of sp³-hybridized carbons (Fsp3) is 0.577. The Morgan fingerprint density at radius 2 is 1.17 bits per heavy atom. The molecule has 8 heterocycles. The van der Waals surface area contributed by atoms with Crippen molar-refractivity contribution in [1.29, 1.82) is 0 Å². The van der Waals surface area contributed by atoms with Gasteiger partial charge in [0, 0.05) is 90.1 Å². The van der Waals surface area contributed by atoms with Crippen LogP contribution in [-0.2, 0) is 25.3 Å². The molecule has 0 amide bonds. The molecule has 2 aliphatic rings. The topological polar surface area (TPSA) is 246 Å². The molecule has 0 aromatic carbocycles. The summed E-state index contributed by atoms with van der Waals surface area (Å²) in [5.74, 6) is 1.49. The molecule has 2 saturated carbocycles. The van der Waals surface area contributed by atoms with Gasteiger partial charge in [0.15, 0.2) is 5.54 Å². The van der Waals surface area contributed by atoms with Crippen LogP contribution in [0.15, 0.2) is 58.1 Å². The smallest absolute Gasteiger partial charge is 0.314 e. The number of aromatic nitrogens is 14. The van der Waals surface area contributed by atoms with Crippen LogP contribution in [0.5, 0.6) is 0 Å². The third-order valence-corrected chi connectivity index (χ3v) is 14.9. The van der Waals surface area contributed by atoms with Crippen LogP contribution >= 0.6 is 0 Å². The van der Waals surface area contributed by atoms with Gasteiger partial charge in [0.05, 0.1) is 67.8 Å². The predicted octanol–water partition coefficient (Wildman–Crippen LogP) is 8.53. The van der Waals surface area contributed by atoms with Crippen LogP contribution in [0.4, 0.5) is 20.7 Å². The zero-order valence-electron chi connectivity index (χ0n) is 44.5. The van der Waals surface area contributed by atoms with Crippen LogP contribution in [-0.4, -0.2) is 133 Å². The monoisotopic (exact) mass is 1050 g/mol. The molecule has 3 N–H and O–H groups in total. The summed E-state index contributed by atoms with van der Waals surface area (Å²) in [7, 11) is 3.32. The lowest BCUT2D eigenvalue weighted by Crippen LogP contribution is -2.39. The number of halogens is 2. The van der Waals surface area contributed by atoms with E-state index in [1.165, 1.54) is 0 Å². The fourth-order valence-electron chi connectivity index (χ4n) is 10.5. The summed E-state index contributed by atoms with van der Waals surface area (Å²) in [5, 5.41) is 53.2. The van der Waals surface area contributed by atoms with Gasteiger partial charge in [-0.1, -0.05) is 13.8 Å². The summed E-state index contributed by atoms with van der Waals surface area (Å²) in [6, 6.07) is 4.29. The summed E-state index contributed by atoms with van der Waals surface area (Å²) in [6.07, 6.45) is 14.1.